The van der Waals surface area contributed by atoms with Crippen LogP contribution < -0.4 is 0 Å². The fraction of sp³-hybridized carbons (Fsp3) is 0. The molecule has 0 N–H and O–H groups in total. The summed E-state index contributed by atoms with van der Waals surface area (Å²) in [6, 6.07) is 43.9. The van der Waals surface area contributed by atoms with Crippen molar-refractivity contribution in [2.24, 2.45) is 0 Å². The van der Waals surface area contributed by atoms with Crippen LogP contribution in [0.1, 0.15) is 0 Å². The minimum Gasteiger partial charge on any atom is -0.255 e. The third kappa shape index (κ3) is 3.06. The average Bonchev–Trinajstić information content (AvgIpc) is 3.35. The second-order valence-corrected chi connectivity index (χ2v) is 10.6. The molecule has 0 aliphatic rings. The lowest BCUT2D eigenvalue weighted by Crippen LogP contribution is -1.92. The van der Waals surface area contributed by atoms with Crippen molar-refractivity contribution in [3.8, 4) is 22.4 Å². The molecule has 0 bridgehead atoms. The van der Waals surface area contributed by atoms with Crippen LogP contribution in [0.5, 0.6) is 0 Å². The van der Waals surface area contributed by atoms with E-state index in [4.69, 9.17) is 4.98 Å². The van der Waals surface area contributed by atoms with Crippen molar-refractivity contribution in [1.29, 1.82) is 0 Å². The Morgan fingerprint density at radius 3 is 1.78 bits per heavy atom. The molecule has 8 aromatic rings. The maximum Gasteiger partial charge on any atom is 0.0892 e. The summed E-state index contributed by atoms with van der Waals surface area (Å²) in [4.78, 5) is 5.03. The Balaban J connectivity index is 1.53. The zero-order chi connectivity index (χ0) is 24.3. The average molecular weight is 488 g/mol. The highest BCUT2D eigenvalue weighted by Crippen LogP contribution is 2.47. The van der Waals surface area contributed by atoms with Crippen molar-refractivity contribution >= 4 is 63.8 Å². The van der Waals surface area contributed by atoms with E-state index in [9.17, 15) is 0 Å². The molecule has 0 saturated carbocycles. The van der Waals surface area contributed by atoms with E-state index in [-0.39, 0.29) is 0 Å². The van der Waals surface area contributed by atoms with Gasteiger partial charge in [-0.25, -0.2) is 0 Å². The highest BCUT2D eigenvalue weighted by Gasteiger charge is 2.20. The predicted molar refractivity (Wildman–Crippen MR) is 161 cm³/mol. The molecule has 37 heavy (non-hydrogen) atoms. The van der Waals surface area contributed by atoms with Gasteiger partial charge in [0.05, 0.1) is 10.4 Å². The zero-order valence-corrected chi connectivity index (χ0v) is 20.8. The minimum atomic E-state index is 1.07. The van der Waals surface area contributed by atoms with E-state index in [1.54, 1.807) is 0 Å². The van der Waals surface area contributed by atoms with Gasteiger partial charge in [0.1, 0.15) is 0 Å². The summed E-state index contributed by atoms with van der Waals surface area (Å²) in [7, 11) is 0. The summed E-state index contributed by atoms with van der Waals surface area (Å²) in [5.74, 6) is 0. The lowest BCUT2D eigenvalue weighted by molar-refractivity contribution is 1.38. The van der Waals surface area contributed by atoms with E-state index >= 15 is 0 Å². The SMILES string of the molecule is c1ccc2cc(-c3c4ccccc4c(-c4nccc5c4sc4ccccc45)c4ccccc34)ccc2c1. The van der Waals surface area contributed by atoms with Gasteiger partial charge in [0, 0.05) is 27.2 Å². The highest BCUT2D eigenvalue weighted by molar-refractivity contribution is 7.26. The summed E-state index contributed by atoms with van der Waals surface area (Å²) < 4.78 is 2.55. The fourth-order valence-corrected chi connectivity index (χ4v) is 7.06. The minimum absolute atomic E-state index is 1.07. The number of aromatic nitrogens is 1. The smallest absolute Gasteiger partial charge is 0.0892 e. The van der Waals surface area contributed by atoms with Crippen molar-refractivity contribution in [2.75, 3.05) is 0 Å². The van der Waals surface area contributed by atoms with Crippen molar-refractivity contribution < 1.29 is 0 Å². The summed E-state index contributed by atoms with van der Waals surface area (Å²) in [5.41, 5.74) is 4.80. The monoisotopic (exact) mass is 487 g/mol. The first-order chi connectivity index (χ1) is 18.4. The Morgan fingerprint density at radius 1 is 0.459 bits per heavy atom. The van der Waals surface area contributed by atoms with Crippen LogP contribution in [0.4, 0.5) is 0 Å². The van der Waals surface area contributed by atoms with Gasteiger partial charge in [0.2, 0.25) is 0 Å². The first kappa shape index (κ1) is 20.6. The van der Waals surface area contributed by atoms with Crippen LogP contribution in [0, 0.1) is 0 Å². The number of pyridine rings is 1. The van der Waals surface area contributed by atoms with Gasteiger partial charge in [-0.2, -0.15) is 0 Å². The lowest BCUT2D eigenvalue weighted by atomic mass is 9.86. The topological polar surface area (TPSA) is 12.9 Å². The molecule has 0 spiro atoms. The van der Waals surface area contributed by atoms with Gasteiger partial charge in [-0.3, -0.25) is 4.98 Å². The van der Waals surface area contributed by atoms with Crippen LogP contribution in [0.25, 0.3) is 74.9 Å². The van der Waals surface area contributed by atoms with Gasteiger partial charge < -0.3 is 0 Å². The maximum atomic E-state index is 5.03. The second-order valence-electron chi connectivity index (χ2n) is 9.54. The summed E-state index contributed by atoms with van der Waals surface area (Å²) in [6.45, 7) is 0. The largest absolute Gasteiger partial charge is 0.255 e. The standard InChI is InChI=1S/C35H21NS/c1-2-10-23-21-24(18-17-22(23)9-1)32-26-12-3-5-14-28(26)33(29-15-6-4-13-27(29)32)34-35-30(19-20-36-34)25-11-7-8-16-31(25)37-35/h1-21H. The molecule has 0 aliphatic heterocycles. The molecule has 2 heteroatoms. The summed E-state index contributed by atoms with van der Waals surface area (Å²) in [5, 5.41) is 10.1. The Bertz CT molecular complexity index is 2090. The molecule has 6 aromatic carbocycles. The Morgan fingerprint density at radius 2 is 1.05 bits per heavy atom. The Hall–Kier alpha value is -4.53. The number of nitrogens with zero attached hydrogens (tertiary/aromatic N) is 1. The normalized spacial score (nSPS) is 11.8. The van der Waals surface area contributed by atoms with E-state index in [1.807, 2.05) is 17.5 Å². The Labute approximate surface area is 218 Å². The van der Waals surface area contributed by atoms with Crippen molar-refractivity contribution in [3.63, 3.8) is 0 Å². The fourth-order valence-electron chi connectivity index (χ4n) is 5.87. The molecule has 8 rings (SSSR count). The van der Waals surface area contributed by atoms with E-state index in [0.717, 1.165) is 5.69 Å². The number of hydrogen-bond donors (Lipinski definition) is 0. The van der Waals surface area contributed by atoms with Gasteiger partial charge in [-0.15, -0.1) is 11.3 Å². The maximum absolute atomic E-state index is 5.03. The van der Waals surface area contributed by atoms with Gasteiger partial charge in [0.25, 0.3) is 0 Å². The molecule has 0 fully saturated rings. The summed E-state index contributed by atoms with van der Waals surface area (Å²) in [6.07, 6.45) is 1.97. The molecule has 172 valence electrons. The van der Waals surface area contributed by atoms with Gasteiger partial charge in [0.15, 0.2) is 0 Å². The van der Waals surface area contributed by atoms with Crippen LogP contribution in [-0.4, -0.2) is 4.98 Å². The zero-order valence-electron chi connectivity index (χ0n) is 20.0. The van der Waals surface area contributed by atoms with Crippen LogP contribution >= 0.6 is 11.3 Å². The number of rotatable bonds is 2. The second kappa shape index (κ2) is 7.99. The van der Waals surface area contributed by atoms with Crippen molar-refractivity contribution in [1.82, 2.24) is 4.98 Å². The molecule has 0 atom stereocenters. The first-order valence-electron chi connectivity index (χ1n) is 12.6. The van der Waals surface area contributed by atoms with Crippen LogP contribution in [0.2, 0.25) is 0 Å². The molecule has 2 aromatic heterocycles. The molecule has 0 aliphatic carbocycles. The predicted octanol–water partition coefficient (Wildman–Crippen LogP) is 10.2. The molecule has 0 amide bonds. The molecule has 0 radical (unpaired) electrons. The molecule has 0 unspecified atom stereocenters. The van der Waals surface area contributed by atoms with Gasteiger partial charge in [-0.1, -0.05) is 103 Å². The van der Waals surface area contributed by atoms with Crippen LogP contribution in [0.15, 0.2) is 128 Å². The van der Waals surface area contributed by atoms with E-state index in [2.05, 4.69) is 121 Å². The first-order valence-corrected chi connectivity index (χ1v) is 13.4. The number of benzene rings is 6. The van der Waals surface area contributed by atoms with Crippen LogP contribution in [0.3, 0.4) is 0 Å². The molecule has 0 saturated heterocycles. The van der Waals surface area contributed by atoms with E-state index < -0.39 is 0 Å². The Kier molecular flexibility index (Phi) is 4.46. The van der Waals surface area contributed by atoms with E-state index in [0.29, 0.717) is 0 Å². The third-order valence-electron chi connectivity index (χ3n) is 7.50. The van der Waals surface area contributed by atoms with Gasteiger partial charge >= 0.3 is 0 Å². The number of thiophene rings is 1. The van der Waals surface area contributed by atoms with Gasteiger partial charge in [-0.05, 0) is 61.6 Å². The molecular weight excluding hydrogens is 466 g/mol. The third-order valence-corrected chi connectivity index (χ3v) is 8.69. The number of hydrogen-bond acceptors (Lipinski definition) is 2. The highest BCUT2D eigenvalue weighted by atomic mass is 32.1. The molecular formula is C35H21NS. The van der Waals surface area contributed by atoms with E-state index in [1.165, 1.54) is 69.2 Å². The quantitative estimate of drug-likeness (QED) is 0.221. The van der Waals surface area contributed by atoms with Crippen molar-refractivity contribution in [2.45, 2.75) is 0 Å². The molecule has 2 heterocycles. The summed E-state index contributed by atoms with van der Waals surface area (Å²) >= 11 is 1.84. The number of fused-ring (bicyclic) bond motifs is 6. The lowest BCUT2D eigenvalue weighted by Gasteiger charge is -2.18. The van der Waals surface area contributed by atoms with Crippen molar-refractivity contribution in [3.05, 3.63) is 128 Å². The van der Waals surface area contributed by atoms with Crippen LogP contribution in [-0.2, 0) is 0 Å². The molecule has 1 nitrogen and oxygen atoms in total.